The summed E-state index contributed by atoms with van der Waals surface area (Å²) in [5.74, 6) is 1.22. The molecule has 184 valence electrons. The van der Waals surface area contributed by atoms with Gasteiger partial charge in [-0.25, -0.2) is 8.42 Å². The lowest BCUT2D eigenvalue weighted by atomic mass is 10.1. The number of likely N-dealkylation sites (tertiary alicyclic amines) is 1. The van der Waals surface area contributed by atoms with E-state index in [0.29, 0.717) is 48.8 Å². The Kier molecular flexibility index (Phi) is 8.08. The fourth-order valence-electron chi connectivity index (χ4n) is 4.43. The number of ether oxygens (including phenoxy) is 2. The summed E-state index contributed by atoms with van der Waals surface area (Å²) < 4.78 is 37.1. The zero-order chi connectivity index (χ0) is 24.7. The van der Waals surface area contributed by atoms with Crippen molar-refractivity contribution in [2.45, 2.75) is 43.2 Å². The molecule has 0 N–H and O–H groups in total. The van der Waals surface area contributed by atoms with Gasteiger partial charge in [-0.3, -0.25) is 4.79 Å². The van der Waals surface area contributed by atoms with E-state index in [-0.39, 0.29) is 17.7 Å². The SMILES string of the molecule is COc1ccc(CCC(=O)N2CCCC2CS(=O)(=O)c2ccccc2)cc1OCc1ccccc1. The molecule has 1 aliphatic rings. The van der Waals surface area contributed by atoms with Crippen LogP contribution in [0.3, 0.4) is 0 Å². The maximum atomic E-state index is 13.0. The number of aryl methyl sites for hydroxylation is 1. The van der Waals surface area contributed by atoms with E-state index in [1.54, 1.807) is 42.3 Å². The molecule has 1 heterocycles. The Labute approximate surface area is 207 Å². The third-order valence-corrected chi connectivity index (χ3v) is 8.12. The van der Waals surface area contributed by atoms with Crippen LogP contribution in [0.4, 0.5) is 0 Å². The maximum Gasteiger partial charge on any atom is 0.223 e. The average Bonchev–Trinajstić information content (AvgIpc) is 3.34. The fraction of sp³-hybridized carbons (Fsp3) is 0.321. The first kappa shape index (κ1) is 24.8. The van der Waals surface area contributed by atoms with Crippen LogP contribution in [0.15, 0.2) is 83.8 Å². The van der Waals surface area contributed by atoms with Gasteiger partial charge in [-0.1, -0.05) is 54.6 Å². The molecule has 0 aromatic heterocycles. The van der Waals surface area contributed by atoms with E-state index >= 15 is 0 Å². The van der Waals surface area contributed by atoms with Gasteiger partial charge in [-0.15, -0.1) is 0 Å². The minimum atomic E-state index is -3.44. The quantitative estimate of drug-likeness (QED) is 0.410. The smallest absolute Gasteiger partial charge is 0.223 e. The summed E-state index contributed by atoms with van der Waals surface area (Å²) in [4.78, 5) is 15.1. The molecule has 1 amide bonds. The van der Waals surface area contributed by atoms with Crippen molar-refractivity contribution in [1.29, 1.82) is 0 Å². The highest BCUT2D eigenvalue weighted by molar-refractivity contribution is 7.91. The second kappa shape index (κ2) is 11.4. The number of hydrogen-bond acceptors (Lipinski definition) is 5. The molecule has 1 atom stereocenters. The highest BCUT2D eigenvalue weighted by atomic mass is 32.2. The van der Waals surface area contributed by atoms with Crippen LogP contribution < -0.4 is 9.47 Å². The molecule has 0 saturated carbocycles. The summed E-state index contributed by atoms with van der Waals surface area (Å²) in [6, 6.07) is 23.8. The molecule has 3 aromatic carbocycles. The molecule has 1 unspecified atom stereocenters. The highest BCUT2D eigenvalue weighted by Gasteiger charge is 2.32. The number of hydrogen-bond donors (Lipinski definition) is 0. The van der Waals surface area contributed by atoms with Gasteiger partial charge < -0.3 is 14.4 Å². The van der Waals surface area contributed by atoms with Crippen molar-refractivity contribution in [2.24, 2.45) is 0 Å². The van der Waals surface area contributed by atoms with Crippen molar-refractivity contribution in [2.75, 3.05) is 19.4 Å². The number of nitrogens with zero attached hydrogens (tertiary/aromatic N) is 1. The molecule has 35 heavy (non-hydrogen) atoms. The van der Waals surface area contributed by atoms with Gasteiger partial charge in [-0.2, -0.15) is 0 Å². The number of benzene rings is 3. The van der Waals surface area contributed by atoms with Crippen molar-refractivity contribution in [3.63, 3.8) is 0 Å². The van der Waals surface area contributed by atoms with Crippen molar-refractivity contribution in [1.82, 2.24) is 4.90 Å². The Morgan fingerprint density at radius 2 is 1.66 bits per heavy atom. The lowest BCUT2D eigenvalue weighted by Crippen LogP contribution is -2.39. The molecule has 1 fully saturated rings. The molecule has 1 saturated heterocycles. The number of methoxy groups -OCH3 is 1. The number of carbonyl (C=O) groups is 1. The molecule has 4 rings (SSSR count). The second-order valence-corrected chi connectivity index (χ2v) is 10.8. The van der Waals surface area contributed by atoms with Crippen molar-refractivity contribution in [3.8, 4) is 11.5 Å². The first-order valence-electron chi connectivity index (χ1n) is 11.9. The highest BCUT2D eigenvalue weighted by Crippen LogP contribution is 2.30. The normalized spacial score (nSPS) is 15.7. The van der Waals surface area contributed by atoms with Gasteiger partial charge in [0.1, 0.15) is 6.61 Å². The van der Waals surface area contributed by atoms with E-state index in [0.717, 1.165) is 17.5 Å². The van der Waals surface area contributed by atoms with E-state index in [1.807, 2.05) is 48.5 Å². The standard InChI is InChI=1S/C28H31NO5S/c1-33-26-16-14-22(19-27(26)34-20-23-9-4-2-5-10-23)15-17-28(30)29-18-8-11-24(29)21-35(31,32)25-12-6-3-7-13-25/h2-7,9-10,12-14,16,19,24H,8,11,15,17-18,20-21H2,1H3. The Morgan fingerprint density at radius 1 is 0.943 bits per heavy atom. The van der Waals surface area contributed by atoms with Crippen LogP contribution in [0, 0.1) is 0 Å². The van der Waals surface area contributed by atoms with Gasteiger partial charge in [0.2, 0.25) is 5.91 Å². The number of amides is 1. The first-order valence-corrected chi connectivity index (χ1v) is 13.5. The summed E-state index contributed by atoms with van der Waals surface area (Å²) in [5.41, 5.74) is 2.02. The van der Waals surface area contributed by atoms with Gasteiger partial charge >= 0.3 is 0 Å². The second-order valence-electron chi connectivity index (χ2n) is 8.74. The van der Waals surface area contributed by atoms with E-state index in [2.05, 4.69) is 0 Å². The summed E-state index contributed by atoms with van der Waals surface area (Å²) in [7, 11) is -1.84. The molecular weight excluding hydrogens is 462 g/mol. The summed E-state index contributed by atoms with van der Waals surface area (Å²) in [6.07, 6.45) is 2.38. The predicted molar refractivity (Wildman–Crippen MR) is 135 cm³/mol. The lowest BCUT2D eigenvalue weighted by molar-refractivity contribution is -0.131. The van der Waals surface area contributed by atoms with Crippen LogP contribution in [0.5, 0.6) is 11.5 Å². The topological polar surface area (TPSA) is 72.9 Å². The van der Waals surface area contributed by atoms with Crippen molar-refractivity contribution < 1.29 is 22.7 Å². The molecule has 6 nitrogen and oxygen atoms in total. The van der Waals surface area contributed by atoms with E-state index in [4.69, 9.17) is 9.47 Å². The number of rotatable bonds is 10. The van der Waals surface area contributed by atoms with Crippen LogP contribution in [0.2, 0.25) is 0 Å². The largest absolute Gasteiger partial charge is 0.493 e. The number of carbonyl (C=O) groups excluding carboxylic acids is 1. The molecule has 0 radical (unpaired) electrons. The maximum absolute atomic E-state index is 13.0. The van der Waals surface area contributed by atoms with Crippen LogP contribution in [0.25, 0.3) is 0 Å². The Bertz CT molecular complexity index is 1230. The molecule has 0 spiro atoms. The van der Waals surface area contributed by atoms with E-state index < -0.39 is 9.84 Å². The first-order chi connectivity index (χ1) is 17.0. The molecular formula is C28H31NO5S. The third-order valence-electron chi connectivity index (χ3n) is 6.30. The number of sulfone groups is 1. The zero-order valence-electron chi connectivity index (χ0n) is 19.9. The predicted octanol–water partition coefficient (Wildman–Crippen LogP) is 4.67. The third kappa shape index (κ3) is 6.42. The Morgan fingerprint density at radius 3 is 2.37 bits per heavy atom. The minimum absolute atomic E-state index is 0.0154. The molecule has 3 aromatic rings. The summed E-state index contributed by atoms with van der Waals surface area (Å²) in [5, 5.41) is 0. The minimum Gasteiger partial charge on any atom is -0.493 e. The van der Waals surface area contributed by atoms with Crippen LogP contribution in [-0.4, -0.2) is 44.7 Å². The molecule has 0 bridgehead atoms. The van der Waals surface area contributed by atoms with Gasteiger partial charge in [-0.05, 0) is 54.7 Å². The summed E-state index contributed by atoms with van der Waals surface area (Å²) >= 11 is 0. The average molecular weight is 494 g/mol. The molecule has 1 aliphatic heterocycles. The Hall–Kier alpha value is -3.32. The lowest BCUT2D eigenvalue weighted by Gasteiger charge is -2.25. The zero-order valence-corrected chi connectivity index (χ0v) is 20.7. The fourth-order valence-corrected chi connectivity index (χ4v) is 6.05. The van der Waals surface area contributed by atoms with Gasteiger partial charge in [0.25, 0.3) is 0 Å². The molecule has 0 aliphatic carbocycles. The van der Waals surface area contributed by atoms with Crippen LogP contribution in [-0.2, 0) is 27.7 Å². The van der Waals surface area contributed by atoms with Gasteiger partial charge in [0.05, 0.1) is 17.8 Å². The van der Waals surface area contributed by atoms with E-state index in [9.17, 15) is 13.2 Å². The Balaban J connectivity index is 1.37. The van der Waals surface area contributed by atoms with Gasteiger partial charge in [0, 0.05) is 19.0 Å². The van der Waals surface area contributed by atoms with Crippen LogP contribution in [0.1, 0.15) is 30.4 Å². The van der Waals surface area contributed by atoms with Gasteiger partial charge in [0.15, 0.2) is 21.3 Å². The van der Waals surface area contributed by atoms with Crippen LogP contribution >= 0.6 is 0 Å². The van der Waals surface area contributed by atoms with Crippen molar-refractivity contribution in [3.05, 3.63) is 90.0 Å². The van der Waals surface area contributed by atoms with Crippen molar-refractivity contribution >= 4 is 15.7 Å². The molecule has 7 heteroatoms. The van der Waals surface area contributed by atoms with E-state index in [1.165, 1.54) is 0 Å². The summed E-state index contributed by atoms with van der Waals surface area (Å²) in [6.45, 7) is 1.02. The monoisotopic (exact) mass is 493 g/mol.